The third-order valence-electron chi connectivity index (χ3n) is 3.37. The maximum absolute atomic E-state index is 2.49. The normalized spacial score (nSPS) is 16.3. The molecule has 0 aromatic heterocycles. The van der Waals surface area contributed by atoms with Crippen LogP contribution in [-0.4, -0.2) is 61.1 Å². The summed E-state index contributed by atoms with van der Waals surface area (Å²) < 4.78 is 2.22. The van der Waals surface area contributed by atoms with Crippen molar-refractivity contribution in [2.45, 2.75) is 32.6 Å². The van der Waals surface area contributed by atoms with Crippen LogP contribution >= 0.6 is 0 Å². The SMILES string of the molecule is CCC/C=C/C=C/CCCN1CCN(C)C1=[N+](C)C. The Bertz CT molecular complexity index is 338. The molecule has 108 valence electrons. The van der Waals surface area contributed by atoms with Crippen LogP contribution in [0.3, 0.4) is 0 Å². The van der Waals surface area contributed by atoms with Gasteiger partial charge in [0.2, 0.25) is 0 Å². The molecule has 1 fully saturated rings. The van der Waals surface area contributed by atoms with E-state index in [-0.39, 0.29) is 0 Å². The van der Waals surface area contributed by atoms with Gasteiger partial charge >= 0.3 is 5.96 Å². The molecule has 0 unspecified atom stereocenters. The number of guanidine groups is 1. The van der Waals surface area contributed by atoms with E-state index < -0.39 is 0 Å². The van der Waals surface area contributed by atoms with Crippen LogP contribution in [-0.2, 0) is 0 Å². The number of hydrogen-bond acceptors (Lipinski definition) is 0. The fraction of sp³-hybridized carbons (Fsp3) is 0.688. The number of nitrogens with zero attached hydrogens (tertiary/aromatic N) is 3. The first-order valence-corrected chi connectivity index (χ1v) is 7.48. The van der Waals surface area contributed by atoms with Crippen molar-refractivity contribution in [1.29, 1.82) is 0 Å². The van der Waals surface area contributed by atoms with E-state index in [0.717, 1.165) is 26.1 Å². The van der Waals surface area contributed by atoms with Crippen molar-refractivity contribution in [1.82, 2.24) is 9.80 Å². The monoisotopic (exact) mass is 264 g/mol. The minimum absolute atomic E-state index is 1.14. The van der Waals surface area contributed by atoms with E-state index in [0.29, 0.717) is 0 Å². The maximum Gasteiger partial charge on any atom is 0.350 e. The molecule has 0 aromatic carbocycles. The summed E-state index contributed by atoms with van der Waals surface area (Å²) in [7, 11) is 6.43. The Hall–Kier alpha value is -1.25. The average Bonchev–Trinajstić information content (AvgIpc) is 2.74. The predicted octanol–water partition coefficient (Wildman–Crippen LogP) is 2.55. The molecule has 0 atom stereocenters. The fourth-order valence-corrected chi connectivity index (χ4v) is 2.46. The molecule has 1 heterocycles. The molecule has 0 bridgehead atoms. The lowest BCUT2D eigenvalue weighted by Gasteiger charge is -2.15. The van der Waals surface area contributed by atoms with Crippen molar-refractivity contribution in [3.63, 3.8) is 0 Å². The zero-order valence-electron chi connectivity index (χ0n) is 13.1. The van der Waals surface area contributed by atoms with Gasteiger partial charge < -0.3 is 0 Å². The number of likely N-dealkylation sites (N-methyl/N-ethyl adjacent to an activating group) is 1. The van der Waals surface area contributed by atoms with Crippen molar-refractivity contribution in [3.05, 3.63) is 24.3 Å². The fourth-order valence-electron chi connectivity index (χ4n) is 2.46. The molecule has 0 spiro atoms. The topological polar surface area (TPSA) is 9.49 Å². The Labute approximate surface area is 118 Å². The molecule has 19 heavy (non-hydrogen) atoms. The lowest BCUT2D eigenvalue weighted by atomic mass is 10.2. The molecule has 3 heteroatoms. The first kappa shape index (κ1) is 15.8. The quantitative estimate of drug-likeness (QED) is 0.397. The molecule has 1 saturated heterocycles. The second-order valence-electron chi connectivity index (χ2n) is 5.39. The van der Waals surface area contributed by atoms with Crippen LogP contribution in [0.25, 0.3) is 0 Å². The van der Waals surface area contributed by atoms with Crippen molar-refractivity contribution in [3.8, 4) is 0 Å². The molecule has 0 aromatic rings. The Kier molecular flexibility index (Phi) is 7.31. The van der Waals surface area contributed by atoms with E-state index in [4.69, 9.17) is 0 Å². The summed E-state index contributed by atoms with van der Waals surface area (Å²) >= 11 is 0. The van der Waals surface area contributed by atoms with Gasteiger partial charge in [-0.25, -0.2) is 0 Å². The Balaban J connectivity index is 2.25. The van der Waals surface area contributed by atoms with Gasteiger partial charge in [0.05, 0.1) is 40.8 Å². The third kappa shape index (κ3) is 5.50. The standard InChI is InChI=1S/C16H30N3/c1-5-6-7-8-9-10-11-12-13-19-15-14-18(4)16(19)17(2)3/h7-10H,5-6,11-15H2,1-4H3/q+1/b8-7+,10-9+. The summed E-state index contributed by atoms with van der Waals surface area (Å²) in [4.78, 5) is 4.82. The zero-order valence-corrected chi connectivity index (χ0v) is 13.1. The molecule has 0 N–H and O–H groups in total. The van der Waals surface area contributed by atoms with Crippen molar-refractivity contribution in [2.75, 3.05) is 40.8 Å². The van der Waals surface area contributed by atoms with Crippen LogP contribution in [0.5, 0.6) is 0 Å². The molecule has 0 aliphatic carbocycles. The molecule has 1 aliphatic rings. The molecule has 0 saturated carbocycles. The van der Waals surface area contributed by atoms with E-state index >= 15 is 0 Å². The van der Waals surface area contributed by atoms with E-state index in [2.05, 4.69) is 66.7 Å². The highest BCUT2D eigenvalue weighted by molar-refractivity contribution is 5.76. The minimum atomic E-state index is 1.14. The number of rotatable bonds is 7. The first-order chi connectivity index (χ1) is 9.16. The van der Waals surface area contributed by atoms with Gasteiger partial charge in [0.15, 0.2) is 0 Å². The summed E-state index contributed by atoms with van der Waals surface area (Å²) in [6, 6.07) is 0. The highest BCUT2D eigenvalue weighted by Crippen LogP contribution is 2.07. The summed E-state index contributed by atoms with van der Waals surface area (Å²) in [6.45, 7) is 5.66. The zero-order chi connectivity index (χ0) is 14.1. The van der Waals surface area contributed by atoms with Gasteiger partial charge in [-0.1, -0.05) is 37.6 Å². The number of allylic oxidation sites excluding steroid dienone is 4. The van der Waals surface area contributed by atoms with Crippen LogP contribution in [0.2, 0.25) is 0 Å². The van der Waals surface area contributed by atoms with Crippen molar-refractivity contribution >= 4 is 5.96 Å². The summed E-state index contributed by atoms with van der Waals surface area (Å²) in [5.74, 6) is 1.35. The van der Waals surface area contributed by atoms with Crippen LogP contribution in [0, 0.1) is 0 Å². The minimum Gasteiger partial charge on any atom is -0.270 e. The summed E-state index contributed by atoms with van der Waals surface area (Å²) in [5.41, 5.74) is 0. The summed E-state index contributed by atoms with van der Waals surface area (Å²) in [5, 5.41) is 0. The maximum atomic E-state index is 2.49. The highest BCUT2D eigenvalue weighted by Gasteiger charge is 2.31. The Morgan fingerprint density at radius 3 is 2.42 bits per heavy atom. The molecule has 0 amide bonds. The van der Waals surface area contributed by atoms with Gasteiger partial charge in [-0.05, 0) is 19.3 Å². The van der Waals surface area contributed by atoms with Crippen LogP contribution in [0.4, 0.5) is 0 Å². The van der Waals surface area contributed by atoms with E-state index in [1.807, 2.05) is 0 Å². The molecular formula is C16H30N3+. The van der Waals surface area contributed by atoms with E-state index in [1.54, 1.807) is 0 Å². The van der Waals surface area contributed by atoms with Gasteiger partial charge in [-0.15, -0.1) is 0 Å². The lowest BCUT2D eigenvalue weighted by Crippen LogP contribution is -2.38. The van der Waals surface area contributed by atoms with Crippen LogP contribution in [0.1, 0.15) is 32.6 Å². The van der Waals surface area contributed by atoms with Gasteiger partial charge in [0.25, 0.3) is 0 Å². The molecule has 0 radical (unpaired) electrons. The smallest absolute Gasteiger partial charge is 0.270 e. The second-order valence-corrected chi connectivity index (χ2v) is 5.39. The van der Waals surface area contributed by atoms with Gasteiger partial charge in [0.1, 0.15) is 0 Å². The Morgan fingerprint density at radius 1 is 1.11 bits per heavy atom. The predicted molar refractivity (Wildman–Crippen MR) is 83.7 cm³/mol. The van der Waals surface area contributed by atoms with Gasteiger partial charge in [-0.2, -0.15) is 0 Å². The summed E-state index contributed by atoms with van der Waals surface area (Å²) in [6.07, 6.45) is 13.7. The van der Waals surface area contributed by atoms with E-state index in [1.165, 1.54) is 25.2 Å². The lowest BCUT2D eigenvalue weighted by molar-refractivity contribution is -0.474. The Morgan fingerprint density at radius 2 is 1.79 bits per heavy atom. The number of unbranched alkanes of at least 4 members (excludes halogenated alkanes) is 2. The highest BCUT2D eigenvalue weighted by atomic mass is 15.4. The second kappa shape index (κ2) is 8.78. The molecular weight excluding hydrogens is 234 g/mol. The molecule has 1 rings (SSSR count). The average molecular weight is 264 g/mol. The molecule has 3 nitrogen and oxygen atoms in total. The van der Waals surface area contributed by atoms with Crippen LogP contribution in [0.15, 0.2) is 24.3 Å². The van der Waals surface area contributed by atoms with Gasteiger partial charge in [0, 0.05) is 0 Å². The van der Waals surface area contributed by atoms with E-state index in [9.17, 15) is 0 Å². The van der Waals surface area contributed by atoms with Gasteiger partial charge in [-0.3, -0.25) is 14.4 Å². The number of hydrogen-bond donors (Lipinski definition) is 0. The first-order valence-electron chi connectivity index (χ1n) is 7.48. The van der Waals surface area contributed by atoms with Crippen LogP contribution < -0.4 is 0 Å². The largest absolute Gasteiger partial charge is 0.350 e. The van der Waals surface area contributed by atoms with Crippen molar-refractivity contribution in [2.24, 2.45) is 0 Å². The van der Waals surface area contributed by atoms with Crippen molar-refractivity contribution < 1.29 is 4.58 Å². The third-order valence-corrected chi connectivity index (χ3v) is 3.37. The molecule has 1 aliphatic heterocycles.